The van der Waals surface area contributed by atoms with E-state index >= 15 is 0 Å². The minimum absolute atomic E-state index is 0.0570. The highest BCUT2D eigenvalue weighted by atomic mass is 32.2. The van der Waals surface area contributed by atoms with Gasteiger partial charge in [0.25, 0.3) is 0 Å². The molecule has 94 valence electrons. The molecular weight excluding hydrogens is 246 g/mol. The molecule has 0 saturated carbocycles. The number of hydrogen-bond acceptors (Lipinski definition) is 5. The molecule has 17 heavy (non-hydrogen) atoms. The van der Waals surface area contributed by atoms with E-state index in [1.807, 2.05) is 0 Å². The molecule has 6 nitrogen and oxygen atoms in total. The maximum Gasteiger partial charge on any atom is 0.384 e. The molecule has 0 radical (unpaired) electrons. The quantitative estimate of drug-likeness (QED) is 0.743. The maximum absolute atomic E-state index is 11.4. The second-order valence-electron chi connectivity index (χ2n) is 3.34. The van der Waals surface area contributed by atoms with Gasteiger partial charge in [0.05, 0.1) is 12.7 Å². The lowest BCUT2D eigenvalue weighted by Crippen LogP contribution is -2.27. The Kier molecular flexibility index (Phi) is 4.08. The Morgan fingerprint density at radius 1 is 1.29 bits per heavy atom. The number of hydrogen-bond donors (Lipinski definition) is 0. The number of methoxy groups -OCH3 is 1. The molecule has 0 aromatic heterocycles. The summed E-state index contributed by atoms with van der Waals surface area (Å²) >= 11 is 0. The molecule has 1 rings (SSSR count). The average Bonchev–Trinajstić information content (AvgIpc) is 2.27. The molecule has 0 fully saturated rings. The third-order valence-electron chi connectivity index (χ3n) is 1.90. The van der Waals surface area contributed by atoms with Crippen molar-refractivity contribution < 1.29 is 22.1 Å². The van der Waals surface area contributed by atoms with Crippen LogP contribution in [0.5, 0.6) is 5.75 Å². The molecule has 0 amide bonds. The molecule has 0 aliphatic carbocycles. The number of rotatable bonds is 4. The largest absolute Gasteiger partial charge is 0.465 e. The predicted octanol–water partition coefficient (Wildman–Crippen LogP) is 0.658. The number of carbonyl (C=O) groups is 1. The molecule has 0 bridgehead atoms. The van der Waals surface area contributed by atoms with Crippen molar-refractivity contribution in [2.75, 3.05) is 21.2 Å². The summed E-state index contributed by atoms with van der Waals surface area (Å²) < 4.78 is 33.1. The lowest BCUT2D eigenvalue weighted by Gasteiger charge is -2.12. The third-order valence-corrected chi connectivity index (χ3v) is 3.20. The van der Waals surface area contributed by atoms with Gasteiger partial charge < -0.3 is 8.92 Å². The summed E-state index contributed by atoms with van der Waals surface area (Å²) in [5.41, 5.74) is 0.221. The van der Waals surface area contributed by atoms with Crippen molar-refractivity contribution in [2.24, 2.45) is 0 Å². The monoisotopic (exact) mass is 259 g/mol. The van der Waals surface area contributed by atoms with Crippen LogP contribution in [0, 0.1) is 0 Å². The van der Waals surface area contributed by atoms with Crippen molar-refractivity contribution in [3.05, 3.63) is 29.8 Å². The Morgan fingerprint density at radius 2 is 1.94 bits per heavy atom. The second-order valence-corrected chi connectivity index (χ2v) is 5.10. The van der Waals surface area contributed by atoms with E-state index in [1.165, 1.54) is 45.5 Å². The average molecular weight is 259 g/mol. The van der Waals surface area contributed by atoms with Crippen LogP contribution in [-0.4, -0.2) is 39.9 Å². The van der Waals surface area contributed by atoms with Crippen LogP contribution in [0.1, 0.15) is 10.4 Å². The van der Waals surface area contributed by atoms with Crippen molar-refractivity contribution in [2.45, 2.75) is 0 Å². The van der Waals surface area contributed by atoms with Crippen molar-refractivity contribution in [3.63, 3.8) is 0 Å². The molecule has 0 aliphatic heterocycles. The number of nitrogens with zero attached hydrogens (tertiary/aromatic N) is 1. The summed E-state index contributed by atoms with van der Waals surface area (Å²) in [7, 11) is 0.117. The van der Waals surface area contributed by atoms with Crippen LogP contribution in [-0.2, 0) is 15.0 Å². The molecule has 0 aliphatic rings. The van der Waals surface area contributed by atoms with Gasteiger partial charge in [-0.25, -0.2) is 4.79 Å². The standard InChI is InChI=1S/C10H13NO5S/c1-11(2)17(13,14)16-9-6-4-5-8(7-9)10(12)15-3/h4-7H,1-3H3. The Labute approximate surface area is 100 Å². The van der Waals surface area contributed by atoms with Gasteiger partial charge in [0.15, 0.2) is 0 Å². The predicted molar refractivity (Wildman–Crippen MR) is 61.0 cm³/mol. The number of esters is 1. The molecule has 0 heterocycles. The molecule has 7 heteroatoms. The highest BCUT2D eigenvalue weighted by Crippen LogP contribution is 2.16. The van der Waals surface area contributed by atoms with Gasteiger partial charge in [0, 0.05) is 14.1 Å². The van der Waals surface area contributed by atoms with Crippen molar-refractivity contribution in [1.82, 2.24) is 4.31 Å². The third kappa shape index (κ3) is 3.43. The van der Waals surface area contributed by atoms with Crippen LogP contribution in [0.3, 0.4) is 0 Å². The van der Waals surface area contributed by atoms with Gasteiger partial charge in [-0.3, -0.25) is 0 Å². The van der Waals surface area contributed by atoms with E-state index in [0.29, 0.717) is 0 Å². The Bertz CT molecular complexity index is 509. The molecule has 1 aromatic carbocycles. The summed E-state index contributed by atoms with van der Waals surface area (Å²) in [6.45, 7) is 0. The zero-order chi connectivity index (χ0) is 13.1. The fourth-order valence-corrected chi connectivity index (χ4v) is 1.48. The van der Waals surface area contributed by atoms with Crippen LogP contribution in [0.4, 0.5) is 0 Å². The molecule has 1 aromatic rings. The SMILES string of the molecule is COC(=O)c1cccc(OS(=O)(=O)N(C)C)c1. The summed E-state index contributed by atoms with van der Waals surface area (Å²) in [4.78, 5) is 11.2. The lowest BCUT2D eigenvalue weighted by atomic mass is 10.2. The van der Waals surface area contributed by atoms with Crippen molar-refractivity contribution >= 4 is 16.3 Å². The minimum Gasteiger partial charge on any atom is -0.465 e. The zero-order valence-electron chi connectivity index (χ0n) is 9.71. The number of carbonyl (C=O) groups excluding carboxylic acids is 1. The van der Waals surface area contributed by atoms with Crippen LogP contribution >= 0.6 is 0 Å². The van der Waals surface area contributed by atoms with E-state index in [0.717, 1.165) is 4.31 Å². The first-order valence-corrected chi connectivity index (χ1v) is 6.03. The summed E-state index contributed by atoms with van der Waals surface area (Å²) in [5, 5.41) is 0. The smallest absolute Gasteiger partial charge is 0.384 e. The van der Waals surface area contributed by atoms with Gasteiger partial charge in [-0.15, -0.1) is 0 Å². The molecule has 0 spiro atoms. The molecule has 0 atom stereocenters. The molecule has 0 unspecified atom stereocenters. The highest BCUT2D eigenvalue weighted by Gasteiger charge is 2.16. The lowest BCUT2D eigenvalue weighted by molar-refractivity contribution is 0.0600. The van der Waals surface area contributed by atoms with Gasteiger partial charge in [0.2, 0.25) is 0 Å². The zero-order valence-corrected chi connectivity index (χ0v) is 10.5. The van der Waals surface area contributed by atoms with Gasteiger partial charge in [-0.1, -0.05) is 6.07 Å². The summed E-state index contributed by atoms with van der Waals surface area (Å²) in [6, 6.07) is 5.74. The first-order valence-electron chi connectivity index (χ1n) is 4.67. The fraction of sp³-hybridized carbons (Fsp3) is 0.300. The summed E-state index contributed by atoms with van der Waals surface area (Å²) in [5.74, 6) is -0.501. The van der Waals surface area contributed by atoms with Crippen LogP contribution in [0.25, 0.3) is 0 Å². The maximum atomic E-state index is 11.4. The van der Waals surface area contributed by atoms with E-state index in [-0.39, 0.29) is 11.3 Å². The Hall–Kier alpha value is -1.60. The molecule has 0 saturated heterocycles. The van der Waals surface area contributed by atoms with Gasteiger partial charge in [-0.2, -0.15) is 12.7 Å². The van der Waals surface area contributed by atoms with Crippen molar-refractivity contribution in [3.8, 4) is 5.75 Å². The van der Waals surface area contributed by atoms with Gasteiger partial charge in [0.1, 0.15) is 5.75 Å². The number of ether oxygens (including phenoxy) is 1. The van der Waals surface area contributed by atoms with Crippen LogP contribution < -0.4 is 4.18 Å². The Morgan fingerprint density at radius 3 is 2.47 bits per heavy atom. The normalized spacial score (nSPS) is 11.3. The molecule has 0 N–H and O–H groups in total. The number of benzene rings is 1. The van der Waals surface area contributed by atoms with Gasteiger partial charge >= 0.3 is 16.3 Å². The van der Waals surface area contributed by atoms with E-state index in [2.05, 4.69) is 4.74 Å². The minimum atomic E-state index is -3.82. The van der Waals surface area contributed by atoms with Gasteiger partial charge in [-0.05, 0) is 18.2 Å². The van der Waals surface area contributed by atoms with Crippen LogP contribution in [0.2, 0.25) is 0 Å². The van der Waals surface area contributed by atoms with E-state index in [9.17, 15) is 13.2 Å². The highest BCUT2D eigenvalue weighted by molar-refractivity contribution is 7.84. The van der Waals surface area contributed by atoms with E-state index in [1.54, 1.807) is 0 Å². The van der Waals surface area contributed by atoms with Crippen molar-refractivity contribution in [1.29, 1.82) is 0 Å². The second kappa shape index (κ2) is 5.15. The first-order chi connectivity index (χ1) is 7.86. The van der Waals surface area contributed by atoms with Crippen LogP contribution in [0.15, 0.2) is 24.3 Å². The Balaban J connectivity index is 2.98. The molecular formula is C10H13NO5S. The summed E-state index contributed by atoms with van der Waals surface area (Å²) in [6.07, 6.45) is 0. The van der Waals surface area contributed by atoms with E-state index in [4.69, 9.17) is 4.18 Å². The van der Waals surface area contributed by atoms with E-state index < -0.39 is 16.3 Å². The topological polar surface area (TPSA) is 72.9 Å². The fourth-order valence-electron chi connectivity index (χ4n) is 0.989. The first kappa shape index (κ1) is 13.5.